The molecule has 4 rings (SSSR count). The molecule has 4 aliphatic rings. The van der Waals surface area contributed by atoms with Gasteiger partial charge in [0.05, 0.1) is 0 Å². The van der Waals surface area contributed by atoms with Crippen LogP contribution in [0.5, 0.6) is 0 Å². The molecule has 102 valence electrons. The molecular formula is C17H24N2. The van der Waals surface area contributed by atoms with Crippen molar-refractivity contribution >= 4 is 0 Å². The molecule has 0 amide bonds. The molecule has 0 saturated heterocycles. The van der Waals surface area contributed by atoms with Gasteiger partial charge in [-0.15, -0.1) is 0 Å². The van der Waals surface area contributed by atoms with Crippen LogP contribution in [0.3, 0.4) is 0 Å². The Morgan fingerprint density at radius 2 is 1.63 bits per heavy atom. The van der Waals surface area contributed by atoms with Gasteiger partial charge < -0.3 is 4.90 Å². The van der Waals surface area contributed by atoms with E-state index >= 15 is 0 Å². The van der Waals surface area contributed by atoms with Gasteiger partial charge in [0.25, 0.3) is 0 Å². The van der Waals surface area contributed by atoms with Gasteiger partial charge in [-0.1, -0.05) is 12.2 Å². The van der Waals surface area contributed by atoms with Gasteiger partial charge in [0.15, 0.2) is 0 Å². The van der Waals surface area contributed by atoms with Crippen LogP contribution < -0.4 is 0 Å². The molecule has 4 aliphatic carbocycles. The number of hydrogen-bond acceptors (Lipinski definition) is 2. The molecule has 0 aromatic heterocycles. The minimum Gasteiger partial charge on any atom is -0.369 e. The summed E-state index contributed by atoms with van der Waals surface area (Å²) in [5, 5.41) is 9.06. The molecule has 4 fully saturated rings. The van der Waals surface area contributed by atoms with Gasteiger partial charge in [0, 0.05) is 14.1 Å². The molecule has 0 unspecified atom stereocenters. The molecule has 0 aromatic rings. The zero-order valence-corrected chi connectivity index (χ0v) is 12.1. The Kier molecular flexibility index (Phi) is 3.17. The van der Waals surface area contributed by atoms with Crippen LogP contribution in [0, 0.1) is 34.5 Å². The molecule has 0 heterocycles. The first-order valence-electron chi connectivity index (χ1n) is 7.57. The summed E-state index contributed by atoms with van der Waals surface area (Å²) >= 11 is 0. The predicted octanol–water partition coefficient (Wildman–Crippen LogP) is 3.73. The molecule has 2 heteroatoms. The molecule has 4 saturated carbocycles. The summed E-state index contributed by atoms with van der Waals surface area (Å²) in [6.45, 7) is 0. The van der Waals surface area contributed by atoms with Gasteiger partial charge in [-0.2, -0.15) is 5.26 Å². The van der Waals surface area contributed by atoms with Crippen molar-refractivity contribution in [3.8, 4) is 6.07 Å². The van der Waals surface area contributed by atoms with Crippen LogP contribution in [0.25, 0.3) is 0 Å². The third-order valence-corrected chi connectivity index (χ3v) is 5.39. The summed E-state index contributed by atoms with van der Waals surface area (Å²) in [4.78, 5) is 1.88. The molecule has 0 aromatic carbocycles. The first kappa shape index (κ1) is 12.8. The summed E-state index contributed by atoms with van der Waals surface area (Å²) in [5.74, 6) is 2.97. The van der Waals surface area contributed by atoms with Crippen LogP contribution in [0.2, 0.25) is 0 Å². The van der Waals surface area contributed by atoms with Crippen molar-refractivity contribution in [2.45, 2.75) is 38.5 Å². The molecule has 2 nitrogen and oxygen atoms in total. The van der Waals surface area contributed by atoms with Crippen LogP contribution >= 0.6 is 0 Å². The Hall–Kier alpha value is -1.23. The van der Waals surface area contributed by atoms with Crippen molar-refractivity contribution in [1.29, 1.82) is 5.26 Å². The zero-order valence-electron chi connectivity index (χ0n) is 12.1. The SMILES string of the molecule is CN(C)/C(C#N)=C/C=C/C12CC3CC(CC(C3)C1)C2. The summed E-state index contributed by atoms with van der Waals surface area (Å²) in [5.41, 5.74) is 1.21. The summed E-state index contributed by atoms with van der Waals surface area (Å²) in [7, 11) is 3.85. The van der Waals surface area contributed by atoms with Crippen molar-refractivity contribution < 1.29 is 0 Å². The van der Waals surface area contributed by atoms with Crippen molar-refractivity contribution in [3.05, 3.63) is 23.9 Å². The normalized spacial score (nSPS) is 40.7. The second-order valence-corrected chi connectivity index (χ2v) is 7.20. The Labute approximate surface area is 116 Å². The van der Waals surface area contributed by atoms with Crippen molar-refractivity contribution in [2.75, 3.05) is 14.1 Å². The highest BCUT2D eigenvalue weighted by Gasteiger charge is 2.49. The Morgan fingerprint density at radius 1 is 1.11 bits per heavy atom. The highest BCUT2D eigenvalue weighted by Crippen LogP contribution is 2.60. The second-order valence-electron chi connectivity index (χ2n) is 7.20. The van der Waals surface area contributed by atoms with E-state index in [9.17, 15) is 0 Å². The summed E-state index contributed by atoms with van der Waals surface area (Å²) in [6.07, 6.45) is 15.2. The van der Waals surface area contributed by atoms with E-state index < -0.39 is 0 Å². The predicted molar refractivity (Wildman–Crippen MR) is 77.1 cm³/mol. The molecule has 0 radical (unpaired) electrons. The van der Waals surface area contributed by atoms with Crippen LogP contribution in [0.4, 0.5) is 0 Å². The Morgan fingerprint density at radius 3 is 2.05 bits per heavy atom. The minimum atomic E-state index is 0.470. The van der Waals surface area contributed by atoms with E-state index in [0.717, 1.165) is 23.5 Å². The number of nitrogens with zero attached hydrogens (tertiary/aromatic N) is 2. The van der Waals surface area contributed by atoms with Crippen molar-refractivity contribution in [1.82, 2.24) is 4.90 Å². The maximum atomic E-state index is 9.06. The Balaban J connectivity index is 1.74. The second kappa shape index (κ2) is 4.71. The van der Waals surface area contributed by atoms with Crippen molar-refractivity contribution in [2.24, 2.45) is 23.2 Å². The largest absolute Gasteiger partial charge is 0.369 e. The molecule has 0 N–H and O–H groups in total. The maximum absolute atomic E-state index is 9.06. The van der Waals surface area contributed by atoms with Gasteiger partial charge in [-0.3, -0.25) is 0 Å². The van der Waals surface area contributed by atoms with E-state index in [1.54, 1.807) is 0 Å². The topological polar surface area (TPSA) is 27.0 Å². The molecule has 0 atom stereocenters. The number of allylic oxidation sites excluding steroid dienone is 4. The van der Waals surface area contributed by atoms with E-state index in [4.69, 9.17) is 5.26 Å². The van der Waals surface area contributed by atoms with E-state index in [1.807, 2.05) is 25.1 Å². The summed E-state index contributed by atoms with van der Waals surface area (Å²) in [6, 6.07) is 2.25. The fourth-order valence-electron chi connectivity index (χ4n) is 5.01. The van der Waals surface area contributed by atoms with E-state index in [2.05, 4.69) is 18.2 Å². The quantitative estimate of drug-likeness (QED) is 0.568. The Bertz CT molecular complexity index is 415. The van der Waals surface area contributed by atoms with E-state index in [-0.39, 0.29) is 0 Å². The molecule has 4 bridgehead atoms. The van der Waals surface area contributed by atoms with Crippen molar-refractivity contribution in [3.63, 3.8) is 0 Å². The van der Waals surface area contributed by atoms with E-state index in [1.165, 1.54) is 38.5 Å². The lowest BCUT2D eigenvalue weighted by molar-refractivity contribution is -0.0237. The monoisotopic (exact) mass is 256 g/mol. The maximum Gasteiger partial charge on any atom is 0.117 e. The van der Waals surface area contributed by atoms with Gasteiger partial charge in [-0.05, 0) is 67.8 Å². The number of hydrogen-bond donors (Lipinski definition) is 0. The first-order chi connectivity index (χ1) is 9.10. The molecule has 0 aliphatic heterocycles. The third-order valence-electron chi connectivity index (χ3n) is 5.39. The van der Waals surface area contributed by atoms with Crippen LogP contribution in [0.1, 0.15) is 38.5 Å². The minimum absolute atomic E-state index is 0.470. The molecule has 0 spiro atoms. The van der Waals surface area contributed by atoms with Crippen LogP contribution in [-0.2, 0) is 0 Å². The third kappa shape index (κ3) is 2.43. The zero-order chi connectivity index (χ0) is 13.5. The summed E-state index contributed by atoms with van der Waals surface area (Å²) < 4.78 is 0. The first-order valence-corrected chi connectivity index (χ1v) is 7.57. The molecular weight excluding hydrogens is 232 g/mol. The lowest BCUT2D eigenvalue weighted by Crippen LogP contribution is -2.44. The van der Waals surface area contributed by atoms with Crippen LogP contribution in [0.15, 0.2) is 23.9 Å². The lowest BCUT2D eigenvalue weighted by atomic mass is 9.49. The average Bonchev–Trinajstić information content (AvgIpc) is 2.32. The van der Waals surface area contributed by atoms with Gasteiger partial charge in [0.1, 0.15) is 11.8 Å². The fraction of sp³-hybridized carbons (Fsp3) is 0.706. The molecule has 19 heavy (non-hydrogen) atoms. The highest BCUT2D eigenvalue weighted by atomic mass is 15.1. The standard InChI is InChI=1S/C17H24N2/c1-19(2)16(12-18)4-3-5-17-9-13-6-14(10-17)8-15(7-13)11-17/h3-5,13-15H,6-11H2,1-2H3/b5-3+,16-4+. The van der Waals surface area contributed by atoms with E-state index in [0.29, 0.717) is 5.41 Å². The number of rotatable bonds is 3. The van der Waals surface area contributed by atoms with Gasteiger partial charge in [0.2, 0.25) is 0 Å². The van der Waals surface area contributed by atoms with Gasteiger partial charge in [-0.25, -0.2) is 0 Å². The lowest BCUT2D eigenvalue weighted by Gasteiger charge is -2.55. The highest BCUT2D eigenvalue weighted by molar-refractivity contribution is 5.25. The smallest absolute Gasteiger partial charge is 0.117 e. The fourth-order valence-corrected chi connectivity index (χ4v) is 5.01. The van der Waals surface area contributed by atoms with Crippen LogP contribution in [-0.4, -0.2) is 19.0 Å². The number of nitriles is 1. The van der Waals surface area contributed by atoms with Gasteiger partial charge >= 0.3 is 0 Å². The average molecular weight is 256 g/mol.